The van der Waals surface area contributed by atoms with Gasteiger partial charge in [-0.15, -0.1) is 0 Å². The van der Waals surface area contributed by atoms with Crippen molar-refractivity contribution in [1.82, 2.24) is 20.0 Å². The zero-order valence-corrected chi connectivity index (χ0v) is 14.3. The van der Waals surface area contributed by atoms with Gasteiger partial charge in [-0.2, -0.15) is 5.10 Å². The molecule has 2 heterocycles. The highest BCUT2D eigenvalue weighted by Gasteiger charge is 2.22. The molecule has 7 heteroatoms. The SMILES string of the molecule is COCCN1CCC(CNC(=O)Nc2ccc3c(cnn3C)c2)C1. The van der Waals surface area contributed by atoms with Gasteiger partial charge in [-0.1, -0.05) is 0 Å². The van der Waals surface area contributed by atoms with E-state index in [9.17, 15) is 4.79 Å². The second-order valence-electron chi connectivity index (χ2n) is 6.32. The summed E-state index contributed by atoms with van der Waals surface area (Å²) in [5.74, 6) is 0.508. The Morgan fingerprint density at radius 3 is 3.17 bits per heavy atom. The van der Waals surface area contributed by atoms with Crippen molar-refractivity contribution < 1.29 is 9.53 Å². The molecule has 130 valence electrons. The van der Waals surface area contributed by atoms with Gasteiger partial charge in [-0.25, -0.2) is 4.79 Å². The molecule has 0 radical (unpaired) electrons. The number of fused-ring (bicyclic) bond motifs is 1. The number of rotatable bonds is 6. The minimum Gasteiger partial charge on any atom is -0.383 e. The summed E-state index contributed by atoms with van der Waals surface area (Å²) in [4.78, 5) is 14.5. The third-order valence-electron chi connectivity index (χ3n) is 4.54. The fourth-order valence-electron chi connectivity index (χ4n) is 3.16. The average molecular weight is 331 g/mol. The van der Waals surface area contributed by atoms with E-state index in [2.05, 4.69) is 20.6 Å². The predicted molar refractivity (Wildman–Crippen MR) is 94.2 cm³/mol. The number of hydrogen-bond acceptors (Lipinski definition) is 4. The summed E-state index contributed by atoms with van der Waals surface area (Å²) < 4.78 is 6.92. The summed E-state index contributed by atoms with van der Waals surface area (Å²) in [5, 5.41) is 11.1. The largest absolute Gasteiger partial charge is 0.383 e. The van der Waals surface area contributed by atoms with Crippen LogP contribution in [0.2, 0.25) is 0 Å². The van der Waals surface area contributed by atoms with Gasteiger partial charge in [-0.3, -0.25) is 4.68 Å². The fraction of sp³-hybridized carbons (Fsp3) is 0.529. The Bertz CT molecular complexity index is 699. The van der Waals surface area contributed by atoms with E-state index < -0.39 is 0 Å². The van der Waals surface area contributed by atoms with Crippen LogP contribution in [0.25, 0.3) is 10.9 Å². The Morgan fingerprint density at radius 2 is 2.33 bits per heavy atom. The van der Waals surface area contributed by atoms with Crippen molar-refractivity contribution in [1.29, 1.82) is 0 Å². The van der Waals surface area contributed by atoms with Gasteiger partial charge in [0.05, 0.1) is 18.3 Å². The zero-order chi connectivity index (χ0) is 16.9. The molecule has 1 fully saturated rings. The number of nitrogens with zero attached hydrogens (tertiary/aromatic N) is 3. The Labute approximate surface area is 141 Å². The van der Waals surface area contributed by atoms with Crippen LogP contribution in [0.1, 0.15) is 6.42 Å². The van der Waals surface area contributed by atoms with Crippen molar-refractivity contribution >= 4 is 22.6 Å². The monoisotopic (exact) mass is 331 g/mol. The Balaban J connectivity index is 1.45. The highest BCUT2D eigenvalue weighted by Crippen LogP contribution is 2.18. The van der Waals surface area contributed by atoms with Crippen LogP contribution in [-0.2, 0) is 11.8 Å². The van der Waals surface area contributed by atoms with Gasteiger partial charge in [0, 0.05) is 44.9 Å². The number of anilines is 1. The van der Waals surface area contributed by atoms with Crippen LogP contribution in [-0.4, -0.2) is 60.6 Å². The number of likely N-dealkylation sites (tertiary alicyclic amines) is 1. The molecule has 0 spiro atoms. The van der Waals surface area contributed by atoms with Crippen LogP contribution in [0.4, 0.5) is 10.5 Å². The number of hydrogen-bond donors (Lipinski definition) is 2. The molecule has 2 aromatic rings. The summed E-state index contributed by atoms with van der Waals surface area (Å²) in [6.45, 7) is 4.52. The van der Waals surface area contributed by atoms with Crippen molar-refractivity contribution in [3.63, 3.8) is 0 Å². The highest BCUT2D eigenvalue weighted by molar-refractivity contribution is 5.92. The first-order chi connectivity index (χ1) is 11.7. The van der Waals surface area contributed by atoms with Crippen LogP contribution in [0, 0.1) is 5.92 Å². The number of aryl methyl sites for hydroxylation is 1. The Morgan fingerprint density at radius 1 is 1.46 bits per heavy atom. The number of nitrogens with one attached hydrogen (secondary N) is 2. The summed E-state index contributed by atoms with van der Waals surface area (Å²) in [7, 11) is 3.63. The molecule has 1 aliphatic heterocycles. The highest BCUT2D eigenvalue weighted by atomic mass is 16.5. The third-order valence-corrected chi connectivity index (χ3v) is 4.54. The third kappa shape index (κ3) is 4.04. The lowest BCUT2D eigenvalue weighted by Gasteiger charge is -2.15. The molecule has 2 amide bonds. The molecule has 0 bridgehead atoms. The maximum absolute atomic E-state index is 12.1. The van der Waals surface area contributed by atoms with E-state index >= 15 is 0 Å². The first kappa shape index (κ1) is 16.7. The maximum atomic E-state index is 12.1. The van der Waals surface area contributed by atoms with Crippen molar-refractivity contribution in [2.45, 2.75) is 6.42 Å². The van der Waals surface area contributed by atoms with E-state index in [1.807, 2.05) is 29.9 Å². The van der Waals surface area contributed by atoms with Crippen LogP contribution in [0.15, 0.2) is 24.4 Å². The zero-order valence-electron chi connectivity index (χ0n) is 14.3. The second kappa shape index (κ2) is 7.63. The quantitative estimate of drug-likeness (QED) is 0.844. The van der Waals surface area contributed by atoms with Crippen LogP contribution in [0.3, 0.4) is 0 Å². The Kier molecular flexibility index (Phi) is 5.32. The average Bonchev–Trinajstić information content (AvgIpc) is 3.18. The molecule has 3 rings (SSSR count). The molecule has 0 aliphatic carbocycles. The van der Waals surface area contributed by atoms with E-state index in [4.69, 9.17) is 4.74 Å². The smallest absolute Gasteiger partial charge is 0.319 e. The number of ether oxygens (including phenoxy) is 1. The normalized spacial score (nSPS) is 18.2. The van der Waals surface area contributed by atoms with Gasteiger partial charge in [0.25, 0.3) is 0 Å². The molecule has 1 saturated heterocycles. The maximum Gasteiger partial charge on any atom is 0.319 e. The number of methoxy groups -OCH3 is 1. The molecule has 0 saturated carbocycles. The molecule has 1 atom stereocenters. The molecular weight excluding hydrogens is 306 g/mol. The molecule has 1 aromatic carbocycles. The summed E-state index contributed by atoms with van der Waals surface area (Å²) in [5.41, 5.74) is 1.82. The van der Waals surface area contributed by atoms with E-state index in [1.165, 1.54) is 0 Å². The van der Waals surface area contributed by atoms with Gasteiger partial charge in [-0.05, 0) is 37.1 Å². The van der Waals surface area contributed by atoms with Crippen LogP contribution < -0.4 is 10.6 Å². The Hall–Kier alpha value is -2.12. The second-order valence-corrected chi connectivity index (χ2v) is 6.32. The van der Waals surface area contributed by atoms with Gasteiger partial charge < -0.3 is 20.3 Å². The van der Waals surface area contributed by atoms with Crippen molar-refractivity contribution in [3.05, 3.63) is 24.4 Å². The predicted octanol–water partition coefficient (Wildman–Crippen LogP) is 1.66. The lowest BCUT2D eigenvalue weighted by atomic mass is 10.1. The lowest BCUT2D eigenvalue weighted by molar-refractivity contribution is 0.159. The first-order valence-electron chi connectivity index (χ1n) is 8.33. The molecule has 2 N–H and O–H groups in total. The topological polar surface area (TPSA) is 71.4 Å². The summed E-state index contributed by atoms with van der Waals surface area (Å²) in [6.07, 6.45) is 2.91. The van der Waals surface area contributed by atoms with Crippen molar-refractivity contribution in [2.24, 2.45) is 13.0 Å². The van der Waals surface area contributed by atoms with Gasteiger partial charge in [0.2, 0.25) is 0 Å². The number of amides is 2. The van der Waals surface area contributed by atoms with E-state index in [0.29, 0.717) is 12.5 Å². The molecule has 24 heavy (non-hydrogen) atoms. The van der Waals surface area contributed by atoms with Crippen molar-refractivity contribution in [3.8, 4) is 0 Å². The number of urea groups is 1. The molecule has 1 aromatic heterocycles. The summed E-state index contributed by atoms with van der Waals surface area (Å²) in [6, 6.07) is 5.63. The summed E-state index contributed by atoms with van der Waals surface area (Å²) >= 11 is 0. The minimum absolute atomic E-state index is 0.159. The van der Waals surface area contributed by atoms with Gasteiger partial charge in [0.15, 0.2) is 0 Å². The number of benzene rings is 1. The van der Waals surface area contributed by atoms with Crippen LogP contribution >= 0.6 is 0 Å². The first-order valence-corrected chi connectivity index (χ1v) is 8.33. The number of carbonyl (C=O) groups is 1. The molecule has 7 nitrogen and oxygen atoms in total. The van der Waals surface area contributed by atoms with E-state index in [1.54, 1.807) is 13.3 Å². The van der Waals surface area contributed by atoms with E-state index in [-0.39, 0.29) is 6.03 Å². The van der Waals surface area contributed by atoms with Crippen molar-refractivity contribution in [2.75, 3.05) is 45.2 Å². The molecule has 1 unspecified atom stereocenters. The number of carbonyl (C=O) groups excluding carboxylic acids is 1. The lowest BCUT2D eigenvalue weighted by Crippen LogP contribution is -2.34. The molecular formula is C17H25N5O2. The van der Waals surface area contributed by atoms with Crippen LogP contribution in [0.5, 0.6) is 0 Å². The van der Waals surface area contributed by atoms with E-state index in [0.717, 1.165) is 49.3 Å². The van der Waals surface area contributed by atoms with Gasteiger partial charge in [0.1, 0.15) is 0 Å². The molecule has 1 aliphatic rings. The number of aromatic nitrogens is 2. The fourth-order valence-corrected chi connectivity index (χ4v) is 3.16. The van der Waals surface area contributed by atoms with Gasteiger partial charge >= 0.3 is 6.03 Å². The standard InChI is InChI=1S/C17H25N5O2/c1-21-16-4-3-15(9-14(16)11-19-21)20-17(23)18-10-13-5-6-22(12-13)7-8-24-2/h3-4,9,11,13H,5-8,10,12H2,1-2H3,(H2,18,20,23). The minimum atomic E-state index is -0.159.